The molecule has 2 aliphatic rings. The first-order valence-electron chi connectivity index (χ1n) is 22.9. The summed E-state index contributed by atoms with van der Waals surface area (Å²) >= 11 is 0. The minimum Gasteiger partial charge on any atom is -0.444 e. The van der Waals surface area contributed by atoms with Crippen LogP contribution in [0.5, 0.6) is 0 Å². The number of likely N-dealkylation sites (tertiary alicyclic amines) is 1. The minimum absolute atomic E-state index is 0.0361. The number of benzene rings is 4. The van der Waals surface area contributed by atoms with E-state index in [2.05, 4.69) is 5.32 Å². The number of pyridine rings is 2. The van der Waals surface area contributed by atoms with Crippen LogP contribution >= 0.6 is 0 Å². The molecule has 2 aromatic heterocycles. The van der Waals surface area contributed by atoms with Crippen LogP contribution in [0.1, 0.15) is 104 Å². The first kappa shape index (κ1) is 46.5. The van der Waals surface area contributed by atoms with Crippen LogP contribution in [0.3, 0.4) is 0 Å². The standard InChI is InChI=1S/C29H35N3O4.C24H27N3O2/c1-6-32-25-13-12-21(27(34)30(5)22-10-8-7-9-11-22)18-24(25)23(19-26(32)33)20-14-16-31(17-15-20)28(35)36-29(2,3)4;1-3-27-22-10-9-18(24(29)26(2)19-7-5-4-6-8-19)15-21(22)20(16-23(27)28)17-11-13-25-14-12-17/h7-13,18-20H,6,14-17H2,1-5H3;4-10,15-17,25H,3,11-14H2,1-2H3. The summed E-state index contributed by atoms with van der Waals surface area (Å²) in [5, 5.41) is 5.32. The first-order valence-corrected chi connectivity index (χ1v) is 22.9. The molecule has 12 nitrogen and oxygen atoms in total. The molecule has 0 spiro atoms. The summed E-state index contributed by atoms with van der Waals surface area (Å²) in [6.45, 7) is 13.7. The topological polar surface area (TPSA) is 126 Å². The normalized spacial score (nSPS) is 14.7. The van der Waals surface area contributed by atoms with E-state index in [-0.39, 0.29) is 34.9 Å². The lowest BCUT2D eigenvalue weighted by Gasteiger charge is -2.34. The minimum atomic E-state index is -0.537. The molecular weight excluding hydrogens is 817 g/mol. The largest absolute Gasteiger partial charge is 0.444 e. The van der Waals surface area contributed by atoms with Gasteiger partial charge >= 0.3 is 6.09 Å². The summed E-state index contributed by atoms with van der Waals surface area (Å²) in [5.41, 5.74) is 6.09. The lowest BCUT2D eigenvalue weighted by molar-refractivity contribution is 0.0205. The quantitative estimate of drug-likeness (QED) is 0.162. The molecule has 340 valence electrons. The molecule has 0 radical (unpaired) electrons. The Kier molecular flexibility index (Phi) is 14.4. The highest BCUT2D eigenvalue weighted by atomic mass is 16.6. The van der Waals surface area contributed by atoms with Crippen molar-refractivity contribution in [2.45, 2.75) is 90.8 Å². The molecule has 4 aromatic carbocycles. The number of carbonyl (C=O) groups excluding carboxylic acids is 3. The zero-order chi connectivity index (χ0) is 46.4. The van der Waals surface area contributed by atoms with Gasteiger partial charge < -0.3 is 33.9 Å². The summed E-state index contributed by atoms with van der Waals surface area (Å²) in [6.07, 6.45) is 3.17. The Bertz CT molecular complexity index is 2780. The third-order valence-electron chi connectivity index (χ3n) is 12.7. The molecule has 0 aliphatic carbocycles. The van der Waals surface area contributed by atoms with Crippen LogP contribution in [-0.4, -0.2) is 77.8 Å². The molecule has 2 saturated heterocycles. The number of para-hydroxylation sites is 2. The maximum Gasteiger partial charge on any atom is 0.410 e. The Hall–Kier alpha value is -6.53. The van der Waals surface area contributed by atoms with E-state index < -0.39 is 5.60 Å². The predicted octanol–water partition coefficient (Wildman–Crippen LogP) is 9.18. The Balaban J connectivity index is 0.000000198. The van der Waals surface area contributed by atoms with Crippen molar-refractivity contribution in [3.63, 3.8) is 0 Å². The van der Waals surface area contributed by atoms with Crippen LogP contribution in [0.2, 0.25) is 0 Å². The van der Waals surface area contributed by atoms with Crippen molar-refractivity contribution in [2.24, 2.45) is 0 Å². The van der Waals surface area contributed by atoms with Crippen LogP contribution in [-0.2, 0) is 17.8 Å². The molecule has 0 saturated carbocycles. The number of ether oxygens (including phenoxy) is 1. The first-order chi connectivity index (χ1) is 31.2. The summed E-state index contributed by atoms with van der Waals surface area (Å²) in [6, 6.07) is 34.0. The number of nitrogens with one attached hydrogen (secondary N) is 1. The third kappa shape index (κ3) is 10.4. The van der Waals surface area contributed by atoms with Crippen LogP contribution in [0, 0.1) is 0 Å². The molecule has 0 atom stereocenters. The number of anilines is 2. The van der Waals surface area contributed by atoms with Gasteiger partial charge in [0.25, 0.3) is 22.9 Å². The molecule has 0 bridgehead atoms. The summed E-state index contributed by atoms with van der Waals surface area (Å²) in [7, 11) is 3.56. The van der Waals surface area contributed by atoms with Gasteiger partial charge in [-0.15, -0.1) is 0 Å². The lowest BCUT2D eigenvalue weighted by atomic mass is 9.87. The summed E-state index contributed by atoms with van der Waals surface area (Å²) < 4.78 is 9.06. The van der Waals surface area contributed by atoms with Crippen molar-refractivity contribution in [2.75, 3.05) is 50.1 Å². The van der Waals surface area contributed by atoms with Crippen LogP contribution in [0.4, 0.5) is 16.2 Å². The van der Waals surface area contributed by atoms with Crippen molar-refractivity contribution in [1.82, 2.24) is 19.4 Å². The number of aromatic nitrogens is 2. The van der Waals surface area contributed by atoms with Crippen molar-refractivity contribution in [3.8, 4) is 0 Å². The fraction of sp³-hybridized carbons (Fsp3) is 0.377. The predicted molar refractivity (Wildman–Crippen MR) is 261 cm³/mol. The number of hydrogen-bond acceptors (Lipinski definition) is 7. The Morgan fingerprint density at radius 2 is 1.03 bits per heavy atom. The van der Waals surface area contributed by atoms with Crippen molar-refractivity contribution >= 4 is 51.1 Å². The number of amides is 3. The number of piperidine rings is 2. The van der Waals surface area contributed by atoms with Gasteiger partial charge in [-0.05, 0) is 157 Å². The monoisotopic (exact) mass is 878 g/mol. The summed E-state index contributed by atoms with van der Waals surface area (Å²) in [5.74, 6) is 0.296. The molecule has 1 N–H and O–H groups in total. The molecule has 6 aromatic rings. The molecule has 2 aliphatic heterocycles. The SMILES string of the molecule is CCn1c(=O)cc(C2CCN(C(=O)OC(C)(C)C)CC2)c2cc(C(=O)N(C)c3ccccc3)ccc21.CCn1c(=O)cc(C2CCNCC2)c2cc(C(=O)N(C)c3ccccc3)ccc21. The number of carbonyl (C=O) groups is 3. The fourth-order valence-electron chi connectivity index (χ4n) is 9.17. The van der Waals surface area contributed by atoms with Gasteiger partial charge in [0.15, 0.2) is 0 Å². The lowest BCUT2D eigenvalue weighted by Crippen LogP contribution is -2.41. The molecule has 2 fully saturated rings. The van der Waals surface area contributed by atoms with Gasteiger partial charge in [0.1, 0.15) is 5.60 Å². The van der Waals surface area contributed by atoms with E-state index in [4.69, 9.17) is 4.74 Å². The Morgan fingerprint density at radius 3 is 1.43 bits per heavy atom. The van der Waals surface area contributed by atoms with E-state index in [1.807, 2.05) is 126 Å². The number of fused-ring (bicyclic) bond motifs is 2. The van der Waals surface area contributed by atoms with Gasteiger partial charge in [-0.3, -0.25) is 19.2 Å². The number of hydrogen-bond donors (Lipinski definition) is 1. The van der Waals surface area contributed by atoms with Crippen molar-refractivity contribution in [3.05, 3.63) is 152 Å². The van der Waals surface area contributed by atoms with Gasteiger partial charge in [-0.25, -0.2) is 4.79 Å². The molecule has 3 amide bonds. The van der Waals surface area contributed by atoms with Gasteiger partial charge in [0.2, 0.25) is 0 Å². The molecule has 8 rings (SSSR count). The van der Waals surface area contributed by atoms with E-state index in [9.17, 15) is 24.0 Å². The van der Waals surface area contributed by atoms with Gasteiger partial charge in [-0.1, -0.05) is 36.4 Å². The maximum atomic E-state index is 13.3. The van der Waals surface area contributed by atoms with E-state index in [0.29, 0.717) is 43.2 Å². The fourth-order valence-corrected chi connectivity index (χ4v) is 9.17. The zero-order valence-electron chi connectivity index (χ0n) is 38.8. The highest BCUT2D eigenvalue weighted by Gasteiger charge is 2.29. The van der Waals surface area contributed by atoms with E-state index in [0.717, 1.165) is 83.1 Å². The van der Waals surface area contributed by atoms with Gasteiger partial charge in [0, 0.05) is 85.7 Å². The summed E-state index contributed by atoms with van der Waals surface area (Å²) in [4.78, 5) is 69.7. The van der Waals surface area contributed by atoms with E-state index in [1.54, 1.807) is 56.1 Å². The molecule has 12 heteroatoms. The Morgan fingerprint density at radius 1 is 0.615 bits per heavy atom. The third-order valence-corrected chi connectivity index (χ3v) is 12.7. The second kappa shape index (κ2) is 20.1. The van der Waals surface area contributed by atoms with Crippen LogP contribution < -0.4 is 26.2 Å². The number of rotatable bonds is 8. The number of nitrogens with zero attached hydrogens (tertiary/aromatic N) is 5. The average molecular weight is 879 g/mol. The van der Waals surface area contributed by atoms with Crippen molar-refractivity contribution < 1.29 is 19.1 Å². The van der Waals surface area contributed by atoms with Gasteiger partial charge in [-0.2, -0.15) is 0 Å². The second-order valence-corrected chi connectivity index (χ2v) is 18.0. The zero-order valence-corrected chi connectivity index (χ0v) is 38.8. The smallest absolute Gasteiger partial charge is 0.410 e. The molecule has 0 unspecified atom stereocenters. The number of aryl methyl sites for hydroxylation is 2. The molecular formula is C53H62N6O6. The van der Waals surface area contributed by atoms with Gasteiger partial charge in [0.05, 0.1) is 11.0 Å². The van der Waals surface area contributed by atoms with Crippen molar-refractivity contribution in [1.29, 1.82) is 0 Å². The highest BCUT2D eigenvalue weighted by molar-refractivity contribution is 6.08. The molecule has 4 heterocycles. The Labute approximate surface area is 381 Å². The highest BCUT2D eigenvalue weighted by Crippen LogP contribution is 2.35. The van der Waals surface area contributed by atoms with Crippen LogP contribution in [0.25, 0.3) is 21.8 Å². The second-order valence-electron chi connectivity index (χ2n) is 18.0. The van der Waals surface area contributed by atoms with Crippen LogP contribution in [0.15, 0.2) is 119 Å². The molecule has 65 heavy (non-hydrogen) atoms. The average Bonchev–Trinajstić information content (AvgIpc) is 3.33. The maximum absolute atomic E-state index is 13.3. The van der Waals surface area contributed by atoms with E-state index >= 15 is 0 Å². The van der Waals surface area contributed by atoms with E-state index in [1.165, 1.54) is 0 Å².